The molecule has 1 aliphatic rings. The zero-order chi connectivity index (χ0) is 28.4. The number of carboxylic acid groups (broad SMARTS) is 1. The molecular formula is C31H37N3O5. The normalized spacial score (nSPS) is 12.4. The van der Waals surface area contributed by atoms with Crippen LogP contribution < -0.4 is 19.9 Å². The molecule has 2 amide bonds. The van der Waals surface area contributed by atoms with Crippen LogP contribution in [-0.2, 0) is 14.4 Å². The van der Waals surface area contributed by atoms with Crippen molar-refractivity contribution in [2.45, 2.75) is 31.6 Å². The van der Waals surface area contributed by atoms with E-state index in [1.165, 1.54) is 28.1 Å². The van der Waals surface area contributed by atoms with Crippen molar-refractivity contribution in [3.05, 3.63) is 89.5 Å². The maximum atomic E-state index is 10.7. The molecule has 2 N–H and O–H groups in total. The van der Waals surface area contributed by atoms with Gasteiger partial charge in [0.1, 0.15) is 5.75 Å². The molecule has 8 nitrogen and oxygen atoms in total. The van der Waals surface area contributed by atoms with Crippen LogP contribution in [0.1, 0.15) is 48.3 Å². The molecule has 1 aliphatic heterocycles. The summed E-state index contributed by atoms with van der Waals surface area (Å²) in [5.74, 6) is -0.241. The van der Waals surface area contributed by atoms with Gasteiger partial charge in [0.05, 0.1) is 6.61 Å². The van der Waals surface area contributed by atoms with Crippen LogP contribution >= 0.6 is 0 Å². The van der Waals surface area contributed by atoms with Gasteiger partial charge >= 0.3 is 5.97 Å². The fourth-order valence-electron chi connectivity index (χ4n) is 4.18. The number of ether oxygens (including phenoxy) is 1. The molecule has 1 heterocycles. The second-order valence-corrected chi connectivity index (χ2v) is 9.79. The van der Waals surface area contributed by atoms with Gasteiger partial charge < -0.3 is 19.6 Å². The average Bonchev–Trinajstić information content (AvgIpc) is 3.30. The van der Waals surface area contributed by atoms with E-state index in [4.69, 9.17) is 9.84 Å². The predicted molar refractivity (Wildman–Crippen MR) is 154 cm³/mol. The lowest BCUT2D eigenvalue weighted by Crippen LogP contribution is -2.18. The fraction of sp³-hybridized carbons (Fsp3) is 0.323. The van der Waals surface area contributed by atoms with Crippen molar-refractivity contribution in [2.24, 2.45) is 0 Å². The number of nitrogens with zero attached hydrogens (tertiary/aromatic N) is 2. The Morgan fingerprint density at radius 2 is 1.18 bits per heavy atom. The summed E-state index contributed by atoms with van der Waals surface area (Å²) in [6.07, 6.45) is 1.36. The lowest BCUT2D eigenvalue weighted by atomic mass is 9.85. The maximum absolute atomic E-state index is 10.7. The molecular weight excluding hydrogens is 494 g/mol. The number of carbonyl (C=O) groups excluding carboxylic acids is 2. The second-order valence-electron chi connectivity index (χ2n) is 9.79. The molecule has 0 radical (unpaired) electrons. The molecule has 3 aromatic carbocycles. The molecule has 0 unspecified atom stereocenters. The van der Waals surface area contributed by atoms with Crippen LogP contribution in [0.15, 0.2) is 72.8 Å². The Hall–Kier alpha value is -4.33. The highest BCUT2D eigenvalue weighted by atomic mass is 16.5. The summed E-state index contributed by atoms with van der Waals surface area (Å²) >= 11 is 0. The standard InChI is InChI=1S/C27H32N2O3.C4H5NO2/c1-28(2)23-13-7-20(8-14-23)27(21-9-15-24(16-10-21)29(3)4)22-11-17-25(18-12-22)32-19-5-6-26(30)31;6-3-1-2-4(7)5-3/h7-18,27H,5-6,19H2,1-4H3,(H,30,31);1-2H2,(H,5,6,7). The molecule has 0 aromatic heterocycles. The molecule has 0 spiro atoms. The first kappa shape index (κ1) is 29.2. The van der Waals surface area contributed by atoms with E-state index in [-0.39, 0.29) is 24.2 Å². The van der Waals surface area contributed by atoms with E-state index in [1.807, 2.05) is 40.3 Å². The number of anilines is 2. The zero-order valence-electron chi connectivity index (χ0n) is 23.0. The summed E-state index contributed by atoms with van der Waals surface area (Å²) in [5, 5.41) is 10.9. The highest BCUT2D eigenvalue weighted by Gasteiger charge is 2.18. The van der Waals surface area contributed by atoms with Gasteiger partial charge in [0.2, 0.25) is 11.8 Å². The molecule has 0 bridgehead atoms. The van der Waals surface area contributed by atoms with Crippen LogP contribution in [0.3, 0.4) is 0 Å². The Labute approximate surface area is 230 Å². The maximum Gasteiger partial charge on any atom is 0.303 e. The van der Waals surface area contributed by atoms with E-state index in [0.717, 1.165) is 5.75 Å². The second kappa shape index (κ2) is 14.0. The van der Waals surface area contributed by atoms with Crippen molar-refractivity contribution < 1.29 is 24.2 Å². The number of rotatable bonds is 10. The van der Waals surface area contributed by atoms with Crippen LogP contribution in [0, 0.1) is 0 Å². The average molecular weight is 532 g/mol. The van der Waals surface area contributed by atoms with Crippen LogP contribution in [0.5, 0.6) is 5.75 Å². The van der Waals surface area contributed by atoms with Crippen LogP contribution in [0.2, 0.25) is 0 Å². The summed E-state index contributed by atoms with van der Waals surface area (Å²) in [7, 11) is 8.17. The van der Waals surface area contributed by atoms with E-state index >= 15 is 0 Å². The molecule has 0 aliphatic carbocycles. The molecule has 8 heteroatoms. The van der Waals surface area contributed by atoms with E-state index in [1.54, 1.807) is 0 Å². The van der Waals surface area contributed by atoms with Crippen LogP contribution in [0.4, 0.5) is 11.4 Å². The third-order valence-corrected chi connectivity index (χ3v) is 6.36. The number of hydrogen-bond acceptors (Lipinski definition) is 6. The van der Waals surface area contributed by atoms with Crippen molar-refractivity contribution >= 4 is 29.2 Å². The van der Waals surface area contributed by atoms with E-state index < -0.39 is 5.97 Å². The van der Waals surface area contributed by atoms with Crippen molar-refractivity contribution in [1.29, 1.82) is 0 Å². The molecule has 4 rings (SSSR count). The third kappa shape index (κ3) is 8.88. The van der Waals surface area contributed by atoms with Crippen LogP contribution in [-0.4, -0.2) is 57.7 Å². The van der Waals surface area contributed by atoms with Gasteiger partial charge in [-0.1, -0.05) is 36.4 Å². The van der Waals surface area contributed by atoms with E-state index in [0.29, 0.717) is 25.9 Å². The Morgan fingerprint density at radius 3 is 1.51 bits per heavy atom. The molecule has 0 atom stereocenters. The number of benzene rings is 3. The minimum Gasteiger partial charge on any atom is -0.494 e. The summed E-state index contributed by atoms with van der Waals surface area (Å²) in [5.41, 5.74) is 5.96. The van der Waals surface area contributed by atoms with Gasteiger partial charge in [-0.25, -0.2) is 0 Å². The summed E-state index contributed by atoms with van der Waals surface area (Å²) in [4.78, 5) is 35.1. The highest BCUT2D eigenvalue weighted by Crippen LogP contribution is 2.34. The minimum absolute atomic E-state index is 0.100. The largest absolute Gasteiger partial charge is 0.494 e. The van der Waals surface area contributed by atoms with Crippen molar-refractivity contribution in [1.82, 2.24) is 5.32 Å². The number of carbonyl (C=O) groups is 3. The molecule has 1 fully saturated rings. The lowest BCUT2D eigenvalue weighted by Gasteiger charge is -2.22. The highest BCUT2D eigenvalue weighted by molar-refractivity contribution is 6.01. The van der Waals surface area contributed by atoms with Crippen molar-refractivity contribution in [2.75, 3.05) is 44.6 Å². The molecule has 206 valence electrons. The first-order chi connectivity index (χ1) is 18.6. The number of hydrogen-bond donors (Lipinski definition) is 2. The lowest BCUT2D eigenvalue weighted by molar-refractivity contribution is -0.137. The topological polar surface area (TPSA) is 99.2 Å². The van der Waals surface area contributed by atoms with Gasteiger partial charge in [-0.2, -0.15) is 0 Å². The number of carboxylic acids is 1. The van der Waals surface area contributed by atoms with Crippen molar-refractivity contribution in [3.8, 4) is 5.75 Å². The van der Waals surface area contributed by atoms with Gasteiger partial charge in [-0.3, -0.25) is 19.7 Å². The first-order valence-corrected chi connectivity index (χ1v) is 13.0. The van der Waals surface area contributed by atoms with Gasteiger partial charge in [0.25, 0.3) is 0 Å². The van der Waals surface area contributed by atoms with Gasteiger partial charge in [-0.15, -0.1) is 0 Å². The minimum atomic E-state index is -0.799. The quantitative estimate of drug-likeness (QED) is 0.223. The number of amides is 2. The zero-order valence-corrected chi connectivity index (χ0v) is 23.0. The Bertz CT molecular complexity index is 1170. The third-order valence-electron chi connectivity index (χ3n) is 6.36. The van der Waals surface area contributed by atoms with Gasteiger partial charge in [-0.05, 0) is 59.5 Å². The number of aliphatic carboxylic acids is 1. The smallest absolute Gasteiger partial charge is 0.303 e. The summed E-state index contributed by atoms with van der Waals surface area (Å²) in [6.45, 7) is 0.396. The summed E-state index contributed by atoms with van der Waals surface area (Å²) in [6, 6.07) is 25.5. The SMILES string of the molecule is CN(C)c1ccc(C(c2ccc(OCCCC(=O)O)cc2)c2ccc(N(C)C)cc2)cc1.O=C1CCC(=O)N1. The molecule has 39 heavy (non-hydrogen) atoms. The molecule has 1 saturated heterocycles. The molecule has 3 aromatic rings. The summed E-state index contributed by atoms with van der Waals surface area (Å²) < 4.78 is 5.71. The van der Waals surface area contributed by atoms with Gasteiger partial charge in [0.15, 0.2) is 0 Å². The number of imide groups is 1. The van der Waals surface area contributed by atoms with E-state index in [9.17, 15) is 14.4 Å². The van der Waals surface area contributed by atoms with Crippen LogP contribution in [0.25, 0.3) is 0 Å². The molecule has 0 saturated carbocycles. The Balaban J connectivity index is 0.000000520. The van der Waals surface area contributed by atoms with Crippen molar-refractivity contribution in [3.63, 3.8) is 0 Å². The fourth-order valence-corrected chi connectivity index (χ4v) is 4.18. The monoisotopic (exact) mass is 531 g/mol. The predicted octanol–water partition coefficient (Wildman–Crippen LogP) is 4.67. The van der Waals surface area contributed by atoms with E-state index in [2.05, 4.69) is 75.8 Å². The Kier molecular flexibility index (Phi) is 10.5. The van der Waals surface area contributed by atoms with Gasteiger partial charge in [0, 0.05) is 64.7 Å². The number of nitrogens with one attached hydrogen (secondary N) is 1. The first-order valence-electron chi connectivity index (χ1n) is 13.0. The Morgan fingerprint density at radius 1 is 0.769 bits per heavy atom.